The van der Waals surface area contributed by atoms with Gasteiger partial charge in [0.15, 0.2) is 0 Å². The molecule has 3 rings (SSSR count). The molecule has 0 aliphatic heterocycles. The summed E-state index contributed by atoms with van der Waals surface area (Å²) in [7, 11) is -7.39. The quantitative estimate of drug-likeness (QED) is 0.706. The van der Waals surface area contributed by atoms with E-state index in [1.807, 2.05) is 6.07 Å². The molecule has 2 aliphatic carbocycles. The minimum Gasteiger partial charge on any atom is -0.208 e. The lowest BCUT2D eigenvalue weighted by Gasteiger charge is -2.33. The summed E-state index contributed by atoms with van der Waals surface area (Å²) in [5.74, 6) is 0. The molecule has 0 heterocycles. The molecule has 2 fully saturated rings. The number of sulfonamides is 2. The van der Waals surface area contributed by atoms with E-state index in [4.69, 9.17) is 5.26 Å². The molecule has 0 radical (unpaired) electrons. The number of rotatable bonds is 8. The van der Waals surface area contributed by atoms with Gasteiger partial charge in [0.05, 0.1) is 15.9 Å². The van der Waals surface area contributed by atoms with Crippen LogP contribution >= 0.6 is 0 Å². The molecule has 1 aromatic carbocycles. The van der Waals surface area contributed by atoms with Gasteiger partial charge in [-0.1, -0.05) is 19.3 Å². The van der Waals surface area contributed by atoms with Crippen LogP contribution in [0.1, 0.15) is 51.4 Å². The predicted octanol–water partition coefficient (Wildman–Crippen LogP) is 2.36. The van der Waals surface area contributed by atoms with Crippen LogP contribution in [0.3, 0.4) is 0 Å². The number of hydrogen-bond donors (Lipinski definition) is 1. The fourth-order valence-corrected chi connectivity index (χ4v) is 6.43. The number of benzene rings is 1. The molecule has 0 aromatic heterocycles. The summed E-state index contributed by atoms with van der Waals surface area (Å²) < 4.78 is 54.8. The topological polar surface area (TPSA) is 107 Å². The molecule has 1 aromatic rings. The molecule has 7 nitrogen and oxygen atoms in total. The van der Waals surface area contributed by atoms with E-state index >= 15 is 0 Å². The van der Waals surface area contributed by atoms with E-state index in [0.29, 0.717) is 0 Å². The Balaban J connectivity index is 1.83. The second-order valence-corrected chi connectivity index (χ2v) is 10.8. The number of nitrogens with zero attached hydrogens (tertiary/aromatic N) is 2. The van der Waals surface area contributed by atoms with Crippen LogP contribution in [0.5, 0.6) is 0 Å². The lowest BCUT2D eigenvalue weighted by atomic mass is 9.95. The minimum atomic E-state index is -3.78. The second kappa shape index (κ2) is 8.27. The maximum absolute atomic E-state index is 13.1. The molecule has 148 valence electrons. The monoisotopic (exact) mass is 411 g/mol. The third kappa shape index (κ3) is 4.88. The Morgan fingerprint density at radius 3 is 2.11 bits per heavy atom. The van der Waals surface area contributed by atoms with Gasteiger partial charge in [-0.05, 0) is 49.9 Å². The Morgan fingerprint density at radius 2 is 1.56 bits per heavy atom. The van der Waals surface area contributed by atoms with E-state index in [1.165, 1.54) is 28.6 Å². The molecule has 9 heteroatoms. The summed E-state index contributed by atoms with van der Waals surface area (Å²) in [6.07, 6.45) is 6.45. The van der Waals surface area contributed by atoms with Crippen molar-refractivity contribution in [3.8, 4) is 6.07 Å². The van der Waals surface area contributed by atoms with E-state index in [9.17, 15) is 16.8 Å². The fraction of sp³-hybridized carbons (Fsp3) is 0.611. The standard InChI is InChI=1S/C18H25N3O4S2/c19-13-4-14-21(16-5-2-1-3-6-16)27(24,25)18-11-9-17(10-12-18)26(22,23)20-15-7-8-15/h9-12,15-16,20H,1-8,14H2. The number of nitrogens with one attached hydrogen (secondary N) is 1. The van der Waals surface area contributed by atoms with E-state index < -0.39 is 20.0 Å². The van der Waals surface area contributed by atoms with E-state index in [0.717, 1.165) is 44.9 Å². The average molecular weight is 412 g/mol. The summed E-state index contributed by atoms with van der Waals surface area (Å²) in [6.45, 7) is 0.160. The van der Waals surface area contributed by atoms with Crippen molar-refractivity contribution in [1.82, 2.24) is 9.03 Å². The molecule has 1 N–H and O–H groups in total. The zero-order valence-electron chi connectivity index (χ0n) is 15.2. The van der Waals surface area contributed by atoms with Crippen LogP contribution in [-0.2, 0) is 20.0 Å². The molecule has 0 atom stereocenters. The van der Waals surface area contributed by atoms with Crippen LogP contribution in [0.25, 0.3) is 0 Å². The van der Waals surface area contributed by atoms with Crippen molar-refractivity contribution in [2.45, 2.75) is 73.2 Å². The van der Waals surface area contributed by atoms with Crippen LogP contribution in [0, 0.1) is 11.3 Å². The molecule has 0 spiro atoms. The van der Waals surface area contributed by atoms with Crippen molar-refractivity contribution in [2.75, 3.05) is 6.54 Å². The normalized spacial score (nSPS) is 19.1. The van der Waals surface area contributed by atoms with Crippen molar-refractivity contribution < 1.29 is 16.8 Å². The van der Waals surface area contributed by atoms with Gasteiger partial charge >= 0.3 is 0 Å². The largest absolute Gasteiger partial charge is 0.243 e. The Hall–Kier alpha value is -1.47. The highest BCUT2D eigenvalue weighted by Crippen LogP contribution is 2.29. The molecule has 0 unspecified atom stereocenters. The van der Waals surface area contributed by atoms with Crippen molar-refractivity contribution >= 4 is 20.0 Å². The first kappa shape index (κ1) is 20.3. The van der Waals surface area contributed by atoms with Crippen LogP contribution in [0.2, 0.25) is 0 Å². The first-order chi connectivity index (χ1) is 12.8. The lowest BCUT2D eigenvalue weighted by molar-refractivity contribution is 0.256. The van der Waals surface area contributed by atoms with Crippen molar-refractivity contribution in [2.24, 2.45) is 0 Å². The first-order valence-electron chi connectivity index (χ1n) is 9.36. The third-order valence-electron chi connectivity index (χ3n) is 5.07. The van der Waals surface area contributed by atoms with Gasteiger partial charge in [0.1, 0.15) is 0 Å². The number of nitriles is 1. The maximum atomic E-state index is 13.1. The molecule has 27 heavy (non-hydrogen) atoms. The molecule has 0 saturated heterocycles. The van der Waals surface area contributed by atoms with Crippen LogP contribution < -0.4 is 4.72 Å². The van der Waals surface area contributed by atoms with Crippen LogP contribution in [0.15, 0.2) is 34.1 Å². The van der Waals surface area contributed by atoms with Gasteiger partial charge in [0.2, 0.25) is 20.0 Å². The number of hydrogen-bond acceptors (Lipinski definition) is 5. The van der Waals surface area contributed by atoms with Crippen molar-refractivity contribution in [3.63, 3.8) is 0 Å². The highest BCUT2D eigenvalue weighted by atomic mass is 32.2. The Labute approximate surface area is 161 Å². The van der Waals surface area contributed by atoms with Gasteiger partial charge in [-0.3, -0.25) is 0 Å². The Morgan fingerprint density at radius 1 is 0.963 bits per heavy atom. The van der Waals surface area contributed by atoms with Gasteiger partial charge in [-0.15, -0.1) is 0 Å². The van der Waals surface area contributed by atoms with Gasteiger partial charge in [0.25, 0.3) is 0 Å². The van der Waals surface area contributed by atoms with Crippen LogP contribution in [-0.4, -0.2) is 39.8 Å². The Bertz CT molecular complexity index is 895. The summed E-state index contributed by atoms with van der Waals surface area (Å²) in [5, 5.41) is 8.91. The van der Waals surface area contributed by atoms with Crippen molar-refractivity contribution in [3.05, 3.63) is 24.3 Å². The van der Waals surface area contributed by atoms with E-state index in [-0.39, 0.29) is 34.8 Å². The SMILES string of the molecule is N#CCCN(C1CCCCC1)S(=O)(=O)c1ccc(S(=O)(=O)NC2CC2)cc1. The lowest BCUT2D eigenvalue weighted by Crippen LogP contribution is -2.42. The fourth-order valence-electron chi connectivity index (χ4n) is 3.44. The smallest absolute Gasteiger partial charge is 0.208 e. The highest BCUT2D eigenvalue weighted by Gasteiger charge is 2.33. The molecule has 2 saturated carbocycles. The summed E-state index contributed by atoms with van der Waals surface area (Å²) in [5.41, 5.74) is 0. The van der Waals surface area contributed by atoms with E-state index in [2.05, 4.69) is 4.72 Å². The average Bonchev–Trinajstić information content (AvgIpc) is 3.46. The maximum Gasteiger partial charge on any atom is 0.243 e. The van der Waals surface area contributed by atoms with Gasteiger partial charge < -0.3 is 0 Å². The van der Waals surface area contributed by atoms with Crippen molar-refractivity contribution in [1.29, 1.82) is 5.26 Å². The van der Waals surface area contributed by atoms with Crippen LogP contribution in [0.4, 0.5) is 0 Å². The van der Waals surface area contributed by atoms with Gasteiger partial charge in [0, 0.05) is 25.0 Å². The predicted molar refractivity (Wildman–Crippen MR) is 101 cm³/mol. The molecule has 0 amide bonds. The van der Waals surface area contributed by atoms with Gasteiger partial charge in [-0.2, -0.15) is 9.57 Å². The zero-order valence-corrected chi connectivity index (χ0v) is 16.8. The molecule has 2 aliphatic rings. The second-order valence-electron chi connectivity index (χ2n) is 7.18. The van der Waals surface area contributed by atoms with Gasteiger partial charge in [-0.25, -0.2) is 21.6 Å². The zero-order chi connectivity index (χ0) is 19.5. The minimum absolute atomic E-state index is 0.00816. The summed E-state index contributed by atoms with van der Waals surface area (Å²) in [6, 6.07) is 7.27. The summed E-state index contributed by atoms with van der Waals surface area (Å²) in [4.78, 5) is 0.131. The molecular formula is C18H25N3O4S2. The highest BCUT2D eigenvalue weighted by molar-refractivity contribution is 7.89. The van der Waals surface area contributed by atoms with E-state index in [1.54, 1.807) is 0 Å². The molecule has 0 bridgehead atoms. The first-order valence-corrected chi connectivity index (χ1v) is 12.3. The molecular weight excluding hydrogens is 386 g/mol. The third-order valence-corrected chi connectivity index (χ3v) is 8.57. The Kier molecular flexibility index (Phi) is 6.21. The summed E-state index contributed by atoms with van der Waals surface area (Å²) >= 11 is 0.